The maximum absolute atomic E-state index is 12.6. The molecule has 8 aromatic rings. The molecule has 0 aliphatic carbocycles. The first kappa shape index (κ1) is 68.8. The van der Waals surface area contributed by atoms with Crippen LogP contribution in [0.2, 0.25) is 0 Å². The van der Waals surface area contributed by atoms with Gasteiger partial charge in [-0.1, -0.05) is 46.3 Å². The fraction of sp³-hybridized carbons (Fsp3) is 0.138. The Morgan fingerprint density at radius 3 is 1.10 bits per heavy atom. The molecule has 4 N–H and O–H groups in total. The number of halogens is 1. The van der Waals surface area contributed by atoms with E-state index in [9.17, 15) is 43.8 Å². The Labute approximate surface area is 517 Å². The summed E-state index contributed by atoms with van der Waals surface area (Å²) in [6.07, 6.45) is 0. The molecule has 0 heterocycles. The second-order valence-electron chi connectivity index (χ2n) is 17.2. The highest BCUT2D eigenvalue weighted by Crippen LogP contribution is 2.34. The molecule has 0 fully saturated rings. The van der Waals surface area contributed by atoms with Crippen LogP contribution in [0.4, 0.5) is 28.4 Å². The van der Waals surface area contributed by atoms with Crippen molar-refractivity contribution in [2.75, 3.05) is 75.8 Å². The normalized spacial score (nSPS) is 10.8. The molecule has 0 radical (unpaired) electrons. The molecular formula is C58H56BrN7O18S4. The van der Waals surface area contributed by atoms with E-state index in [1.54, 1.807) is 78.9 Å². The average Bonchev–Trinajstić information content (AvgIpc) is 1.22. The molecule has 0 aliphatic heterocycles. The molecule has 0 aromatic heterocycles. The van der Waals surface area contributed by atoms with E-state index in [1.807, 2.05) is 18.2 Å². The van der Waals surface area contributed by atoms with E-state index in [-0.39, 0.29) is 65.2 Å². The summed E-state index contributed by atoms with van der Waals surface area (Å²) in [5.74, 6) is 2.31. The maximum Gasteiger partial charge on any atom is 0.271 e. The minimum absolute atomic E-state index is 0.0179. The van der Waals surface area contributed by atoms with Crippen LogP contribution in [0.25, 0.3) is 0 Å². The van der Waals surface area contributed by atoms with Gasteiger partial charge in [0, 0.05) is 46.6 Å². The van der Waals surface area contributed by atoms with Gasteiger partial charge < -0.3 is 37.9 Å². The number of non-ortho nitro benzene ring substituents is 1. The van der Waals surface area contributed by atoms with Crippen LogP contribution in [0.3, 0.4) is 0 Å². The molecular weight excluding hydrogens is 1290 g/mol. The van der Waals surface area contributed by atoms with Crippen molar-refractivity contribution in [2.24, 2.45) is 0 Å². The topological polar surface area (TPSA) is 349 Å². The standard InChI is InChI=1S/2C15H14N2O4S.C14H14BrNO4S.C14H14N2O6S/c1-20-13-6-7-14(21-2)15(9-13)22(18,19)17-12-5-3-4-11(8-12)10-16;1-20-12-7-8-14(21-2)15(9-12)22(18,19)17-13-6-4-3-5-11(13)10-16;1-19-12-6-7-13(20-2)14(9-12)21(17,18)16-11-5-3-4-10(15)8-11;1-21-12-6-7-13(22-2)14(9-12)23(19,20)15-10-4-3-5-11(8-10)16(17)18/h2*3-9,17H,1-2H3;3-9,16H,1-2H3;3-9,15H,1-2H3. The molecule has 462 valence electrons. The summed E-state index contributed by atoms with van der Waals surface area (Å²) in [5.41, 5.74) is 1.39. The lowest BCUT2D eigenvalue weighted by molar-refractivity contribution is -0.384. The molecule has 0 spiro atoms. The largest absolute Gasteiger partial charge is 0.497 e. The van der Waals surface area contributed by atoms with Gasteiger partial charge in [0.1, 0.15) is 71.6 Å². The van der Waals surface area contributed by atoms with Crippen molar-refractivity contribution in [2.45, 2.75) is 19.6 Å². The highest BCUT2D eigenvalue weighted by Gasteiger charge is 2.25. The number of ether oxygens (including phenoxy) is 8. The van der Waals surface area contributed by atoms with Crippen molar-refractivity contribution in [1.29, 1.82) is 10.5 Å². The zero-order valence-corrected chi connectivity index (χ0v) is 52.7. The molecule has 0 atom stereocenters. The summed E-state index contributed by atoms with van der Waals surface area (Å²) in [4.78, 5) is 9.93. The van der Waals surface area contributed by atoms with Crippen molar-refractivity contribution >= 4 is 84.5 Å². The Morgan fingerprint density at radius 1 is 0.398 bits per heavy atom. The van der Waals surface area contributed by atoms with Crippen molar-refractivity contribution in [3.63, 3.8) is 0 Å². The number of anilines is 4. The van der Waals surface area contributed by atoms with E-state index in [1.165, 1.54) is 136 Å². The lowest BCUT2D eigenvalue weighted by atomic mass is 10.2. The number of nitro groups is 1. The van der Waals surface area contributed by atoms with E-state index in [2.05, 4.69) is 34.8 Å². The number of nitrogens with zero attached hydrogens (tertiary/aromatic N) is 3. The summed E-state index contributed by atoms with van der Waals surface area (Å²) in [7, 11) is -4.30. The molecule has 0 aliphatic rings. The van der Waals surface area contributed by atoms with Gasteiger partial charge in [0.25, 0.3) is 45.8 Å². The summed E-state index contributed by atoms with van der Waals surface area (Å²) >= 11 is 3.30. The van der Waals surface area contributed by atoms with Crippen LogP contribution >= 0.6 is 15.9 Å². The predicted molar refractivity (Wildman–Crippen MR) is 331 cm³/mol. The van der Waals surface area contributed by atoms with Crippen LogP contribution in [-0.4, -0.2) is 95.5 Å². The Bertz CT molecular complexity index is 4340. The molecule has 0 bridgehead atoms. The van der Waals surface area contributed by atoms with Crippen LogP contribution in [0.5, 0.6) is 46.0 Å². The lowest BCUT2D eigenvalue weighted by Crippen LogP contribution is -2.15. The minimum Gasteiger partial charge on any atom is -0.497 e. The summed E-state index contributed by atoms with van der Waals surface area (Å²) < 4.78 is 151. The van der Waals surface area contributed by atoms with Gasteiger partial charge in [-0.05, 0) is 103 Å². The fourth-order valence-corrected chi connectivity index (χ4v) is 12.7. The van der Waals surface area contributed by atoms with Crippen LogP contribution in [0.1, 0.15) is 11.1 Å². The predicted octanol–water partition coefficient (Wildman–Crippen LogP) is 10.4. The van der Waals surface area contributed by atoms with Crippen LogP contribution in [-0.2, 0) is 40.1 Å². The molecule has 0 amide bonds. The third-order valence-electron chi connectivity index (χ3n) is 11.6. The zero-order chi connectivity index (χ0) is 64.8. The third-order valence-corrected chi connectivity index (χ3v) is 17.7. The van der Waals surface area contributed by atoms with Gasteiger partial charge in [-0.15, -0.1) is 0 Å². The van der Waals surface area contributed by atoms with Crippen molar-refractivity contribution < 1.29 is 76.5 Å². The van der Waals surface area contributed by atoms with E-state index < -0.39 is 45.0 Å². The maximum atomic E-state index is 12.6. The van der Waals surface area contributed by atoms with Crippen LogP contribution < -0.4 is 56.8 Å². The van der Waals surface area contributed by atoms with E-state index in [4.69, 9.17) is 48.4 Å². The number of sulfonamides is 4. The quantitative estimate of drug-likeness (QED) is 0.0383. The average molecular weight is 1350 g/mol. The van der Waals surface area contributed by atoms with Gasteiger partial charge in [-0.2, -0.15) is 10.5 Å². The molecule has 0 saturated carbocycles. The van der Waals surface area contributed by atoms with Gasteiger partial charge in [0.05, 0.1) is 96.1 Å². The number of benzene rings is 8. The number of nitrogens with one attached hydrogen (secondary N) is 4. The Kier molecular flexibility index (Phi) is 24.6. The molecule has 30 heteroatoms. The van der Waals surface area contributed by atoms with Crippen molar-refractivity contribution in [3.8, 4) is 58.1 Å². The molecule has 25 nitrogen and oxygen atoms in total. The number of nitriles is 2. The van der Waals surface area contributed by atoms with Crippen molar-refractivity contribution in [3.05, 3.63) is 196 Å². The van der Waals surface area contributed by atoms with Gasteiger partial charge in [0.2, 0.25) is 0 Å². The van der Waals surface area contributed by atoms with Gasteiger partial charge in [-0.3, -0.25) is 29.0 Å². The molecule has 8 rings (SSSR count). The number of nitro benzene ring substituents is 1. The van der Waals surface area contributed by atoms with Gasteiger partial charge >= 0.3 is 0 Å². The van der Waals surface area contributed by atoms with Crippen molar-refractivity contribution in [1.82, 2.24) is 0 Å². The van der Waals surface area contributed by atoms with E-state index in [0.29, 0.717) is 39.9 Å². The summed E-state index contributed by atoms with van der Waals surface area (Å²) in [6.45, 7) is 0. The first-order valence-electron chi connectivity index (χ1n) is 24.8. The Hall–Kier alpha value is -9.98. The fourth-order valence-electron chi connectivity index (χ4n) is 7.36. The zero-order valence-electron chi connectivity index (χ0n) is 47.9. The van der Waals surface area contributed by atoms with E-state index in [0.717, 1.165) is 10.5 Å². The summed E-state index contributed by atoms with van der Waals surface area (Å²) in [5, 5.41) is 28.7. The highest BCUT2D eigenvalue weighted by atomic mass is 79.9. The smallest absolute Gasteiger partial charge is 0.271 e. The SMILES string of the molecule is COc1ccc(OC)c(S(=O)(=O)Nc2cccc(Br)c2)c1.COc1ccc(OC)c(S(=O)(=O)Nc2cccc(C#N)c2)c1.COc1ccc(OC)c(S(=O)(=O)Nc2cccc([N+](=O)[O-])c2)c1.COc1ccc(OC)c(S(=O)(=O)Nc2ccccc2C#N)c1. The second kappa shape index (κ2) is 31.4. The minimum atomic E-state index is -4.01. The van der Waals surface area contributed by atoms with Crippen LogP contribution in [0.15, 0.2) is 194 Å². The molecule has 8 aromatic carbocycles. The summed E-state index contributed by atoms with van der Waals surface area (Å²) in [6, 6.07) is 46.4. The number of methoxy groups -OCH3 is 8. The number of para-hydroxylation sites is 1. The van der Waals surface area contributed by atoms with Gasteiger partial charge in [-0.25, -0.2) is 33.7 Å². The lowest BCUT2D eigenvalue weighted by Gasteiger charge is -2.13. The highest BCUT2D eigenvalue weighted by molar-refractivity contribution is 9.10. The first-order valence-corrected chi connectivity index (χ1v) is 31.6. The van der Waals surface area contributed by atoms with E-state index >= 15 is 0 Å². The van der Waals surface area contributed by atoms with Gasteiger partial charge in [0.15, 0.2) is 0 Å². The Morgan fingerprint density at radius 2 is 0.750 bits per heavy atom. The molecule has 0 unspecified atom stereocenters. The monoisotopic (exact) mass is 1350 g/mol. The van der Waals surface area contributed by atoms with Crippen LogP contribution in [0, 0.1) is 32.8 Å². The number of rotatable bonds is 21. The second-order valence-corrected chi connectivity index (χ2v) is 24.7. The first-order chi connectivity index (χ1) is 41.8. The molecule has 0 saturated heterocycles. The Balaban J connectivity index is 0.000000214. The third kappa shape index (κ3) is 18.8. The number of hydrogen-bond acceptors (Lipinski definition) is 20. The molecule has 88 heavy (non-hydrogen) atoms. The number of hydrogen-bond donors (Lipinski definition) is 4.